The van der Waals surface area contributed by atoms with Gasteiger partial charge < -0.3 is 15.2 Å². The van der Waals surface area contributed by atoms with Gasteiger partial charge in [-0.25, -0.2) is 0 Å². The average Bonchev–Trinajstić information content (AvgIpc) is 2.31. The number of ether oxygens (including phenoxy) is 2. The van der Waals surface area contributed by atoms with Crippen LogP contribution in [0.15, 0.2) is 17.0 Å². The van der Waals surface area contributed by atoms with Gasteiger partial charge in [0, 0.05) is 0 Å². The molecule has 0 amide bonds. The molecule has 4 heteroatoms. The van der Waals surface area contributed by atoms with Gasteiger partial charge in [-0.15, -0.1) is 11.8 Å². The van der Waals surface area contributed by atoms with Crippen LogP contribution in [-0.4, -0.2) is 26.5 Å². The Morgan fingerprint density at radius 1 is 1.19 bits per heavy atom. The number of rotatable bonds is 6. The number of methoxy groups -OCH3 is 2. The summed E-state index contributed by atoms with van der Waals surface area (Å²) in [5, 5.41) is 0. The molecule has 16 heavy (non-hydrogen) atoms. The van der Waals surface area contributed by atoms with Gasteiger partial charge in [0.15, 0.2) is 0 Å². The van der Waals surface area contributed by atoms with Crippen LogP contribution in [0, 0.1) is 0 Å². The number of hydrogen-bond acceptors (Lipinski definition) is 4. The van der Waals surface area contributed by atoms with Crippen molar-refractivity contribution in [2.75, 3.05) is 26.5 Å². The minimum atomic E-state index is 0.611. The van der Waals surface area contributed by atoms with Gasteiger partial charge in [0.05, 0.1) is 19.1 Å². The van der Waals surface area contributed by atoms with Crippen LogP contribution in [0.4, 0.5) is 0 Å². The molecule has 0 bridgehead atoms. The highest BCUT2D eigenvalue weighted by atomic mass is 32.2. The van der Waals surface area contributed by atoms with E-state index < -0.39 is 0 Å². The van der Waals surface area contributed by atoms with Crippen molar-refractivity contribution in [1.29, 1.82) is 0 Å². The van der Waals surface area contributed by atoms with Gasteiger partial charge in [0.25, 0.3) is 0 Å². The summed E-state index contributed by atoms with van der Waals surface area (Å²) in [6, 6.07) is 4.04. The Kier molecular flexibility index (Phi) is 5.49. The summed E-state index contributed by atoms with van der Waals surface area (Å²) in [7, 11) is 3.37. The largest absolute Gasteiger partial charge is 0.496 e. The van der Waals surface area contributed by atoms with Crippen molar-refractivity contribution in [2.24, 2.45) is 5.73 Å². The molecule has 1 aromatic carbocycles. The smallest absolute Gasteiger partial charge is 0.132 e. The van der Waals surface area contributed by atoms with Crippen LogP contribution in [0.3, 0.4) is 0 Å². The fraction of sp³-hybridized carbons (Fsp3) is 0.500. The summed E-state index contributed by atoms with van der Waals surface area (Å²) in [5.74, 6) is 2.80. The lowest BCUT2D eigenvalue weighted by molar-refractivity contribution is 0.390. The Labute approximate surface area is 101 Å². The van der Waals surface area contributed by atoms with E-state index in [1.165, 1.54) is 0 Å². The van der Waals surface area contributed by atoms with Crippen molar-refractivity contribution in [3.63, 3.8) is 0 Å². The van der Waals surface area contributed by atoms with Crippen molar-refractivity contribution in [3.05, 3.63) is 17.7 Å². The Bertz CT molecular complexity index is 308. The first-order valence-corrected chi connectivity index (χ1v) is 6.33. The van der Waals surface area contributed by atoms with Crippen LogP contribution >= 0.6 is 11.8 Å². The van der Waals surface area contributed by atoms with E-state index in [2.05, 4.69) is 6.92 Å². The summed E-state index contributed by atoms with van der Waals surface area (Å²) in [4.78, 5) is 1.11. The first kappa shape index (κ1) is 13.2. The molecule has 0 aliphatic carbocycles. The summed E-state index contributed by atoms with van der Waals surface area (Å²) in [5.41, 5.74) is 6.67. The topological polar surface area (TPSA) is 44.5 Å². The molecule has 0 unspecified atom stereocenters. The van der Waals surface area contributed by atoms with Gasteiger partial charge in [-0.2, -0.15) is 0 Å². The summed E-state index contributed by atoms with van der Waals surface area (Å²) < 4.78 is 10.7. The van der Waals surface area contributed by atoms with Crippen molar-refractivity contribution in [3.8, 4) is 11.5 Å². The highest BCUT2D eigenvalue weighted by Gasteiger charge is 2.10. The number of benzene rings is 1. The minimum absolute atomic E-state index is 0.611. The highest BCUT2D eigenvalue weighted by molar-refractivity contribution is 7.99. The minimum Gasteiger partial charge on any atom is -0.496 e. The predicted molar refractivity (Wildman–Crippen MR) is 68.7 cm³/mol. The molecule has 0 aromatic heterocycles. The third-order valence-electron chi connectivity index (χ3n) is 2.28. The van der Waals surface area contributed by atoms with Gasteiger partial charge in [0.1, 0.15) is 11.5 Å². The molecule has 0 heterocycles. The van der Waals surface area contributed by atoms with E-state index in [0.29, 0.717) is 6.54 Å². The first-order chi connectivity index (χ1) is 7.76. The van der Waals surface area contributed by atoms with Crippen LogP contribution in [0.1, 0.15) is 12.5 Å². The molecule has 0 spiro atoms. The maximum absolute atomic E-state index is 5.57. The van der Waals surface area contributed by atoms with Gasteiger partial charge >= 0.3 is 0 Å². The number of nitrogens with two attached hydrogens (primary N) is 1. The zero-order valence-electron chi connectivity index (χ0n) is 10.1. The second kappa shape index (κ2) is 6.66. The fourth-order valence-electron chi connectivity index (χ4n) is 1.55. The molecule has 1 rings (SSSR count). The number of hydrogen-bond donors (Lipinski definition) is 1. The Hall–Kier alpha value is -0.870. The molecule has 0 radical (unpaired) electrons. The normalized spacial score (nSPS) is 10.2. The quantitative estimate of drug-likeness (QED) is 0.776. The molecular formula is C12H19NO2S. The van der Waals surface area contributed by atoms with E-state index in [0.717, 1.165) is 34.1 Å². The highest BCUT2D eigenvalue weighted by Crippen LogP contribution is 2.35. The standard InChI is InChI=1S/C12H19NO2S/c1-4-16-12-8-10(14-2)9(5-6-13)7-11(12)15-3/h7-8H,4-6,13H2,1-3H3. The third kappa shape index (κ3) is 3.06. The molecule has 0 fully saturated rings. The third-order valence-corrected chi connectivity index (χ3v) is 3.20. The zero-order valence-corrected chi connectivity index (χ0v) is 10.9. The van der Waals surface area contributed by atoms with Gasteiger partial charge in [-0.3, -0.25) is 0 Å². The maximum Gasteiger partial charge on any atom is 0.132 e. The molecule has 0 atom stereocenters. The molecule has 0 aliphatic rings. The Balaban J connectivity index is 3.11. The van der Waals surface area contributed by atoms with E-state index in [1.807, 2.05) is 12.1 Å². The molecule has 1 aromatic rings. The van der Waals surface area contributed by atoms with Gasteiger partial charge in [0.2, 0.25) is 0 Å². The van der Waals surface area contributed by atoms with Crippen LogP contribution in [0.25, 0.3) is 0 Å². The lowest BCUT2D eigenvalue weighted by atomic mass is 10.1. The van der Waals surface area contributed by atoms with E-state index in [4.69, 9.17) is 15.2 Å². The zero-order chi connectivity index (χ0) is 12.0. The molecule has 3 nitrogen and oxygen atoms in total. The molecule has 90 valence electrons. The average molecular weight is 241 g/mol. The summed E-state index contributed by atoms with van der Waals surface area (Å²) in [6.07, 6.45) is 0.802. The second-order valence-electron chi connectivity index (χ2n) is 3.29. The number of thioether (sulfide) groups is 1. The van der Waals surface area contributed by atoms with E-state index in [9.17, 15) is 0 Å². The lowest BCUT2D eigenvalue weighted by Gasteiger charge is -2.13. The molecule has 2 N–H and O–H groups in total. The summed E-state index contributed by atoms with van der Waals surface area (Å²) >= 11 is 1.75. The van der Waals surface area contributed by atoms with E-state index in [-0.39, 0.29) is 0 Å². The van der Waals surface area contributed by atoms with E-state index in [1.54, 1.807) is 26.0 Å². The van der Waals surface area contributed by atoms with Crippen LogP contribution in [0.5, 0.6) is 11.5 Å². The van der Waals surface area contributed by atoms with Gasteiger partial charge in [-0.05, 0) is 36.4 Å². The molecule has 0 saturated heterocycles. The Morgan fingerprint density at radius 3 is 2.38 bits per heavy atom. The fourth-order valence-corrected chi connectivity index (χ4v) is 2.34. The SMILES string of the molecule is CCSc1cc(OC)c(CCN)cc1OC. The molecule has 0 saturated carbocycles. The van der Waals surface area contributed by atoms with Crippen molar-refractivity contribution < 1.29 is 9.47 Å². The maximum atomic E-state index is 5.57. The monoisotopic (exact) mass is 241 g/mol. The van der Waals surface area contributed by atoms with Crippen molar-refractivity contribution in [2.45, 2.75) is 18.2 Å². The Morgan fingerprint density at radius 2 is 1.88 bits per heavy atom. The van der Waals surface area contributed by atoms with Crippen LogP contribution in [-0.2, 0) is 6.42 Å². The second-order valence-corrected chi connectivity index (χ2v) is 4.59. The predicted octanol–water partition coefficient (Wildman–Crippen LogP) is 2.32. The molecule has 0 aliphatic heterocycles. The van der Waals surface area contributed by atoms with Crippen molar-refractivity contribution >= 4 is 11.8 Å². The first-order valence-electron chi connectivity index (χ1n) is 5.34. The molecular weight excluding hydrogens is 222 g/mol. The van der Waals surface area contributed by atoms with Gasteiger partial charge in [-0.1, -0.05) is 6.92 Å². The van der Waals surface area contributed by atoms with E-state index >= 15 is 0 Å². The van der Waals surface area contributed by atoms with Crippen LogP contribution < -0.4 is 15.2 Å². The summed E-state index contributed by atoms with van der Waals surface area (Å²) in [6.45, 7) is 2.73. The lowest BCUT2D eigenvalue weighted by Crippen LogP contribution is -2.05. The van der Waals surface area contributed by atoms with Crippen LogP contribution in [0.2, 0.25) is 0 Å². The van der Waals surface area contributed by atoms with Crippen molar-refractivity contribution in [1.82, 2.24) is 0 Å².